The molecule has 0 radical (unpaired) electrons. The monoisotopic (exact) mass is 206 g/mol. The van der Waals surface area contributed by atoms with Gasteiger partial charge in [-0.25, -0.2) is 4.98 Å². The highest BCUT2D eigenvalue weighted by Crippen LogP contribution is 2.15. The van der Waals surface area contributed by atoms with E-state index in [2.05, 4.69) is 27.2 Å². The highest BCUT2D eigenvalue weighted by molar-refractivity contribution is 5.38. The van der Waals surface area contributed by atoms with E-state index in [1.807, 2.05) is 6.92 Å². The minimum Gasteiger partial charge on any atom is -0.368 e. The Labute approximate surface area is 90.7 Å². The minimum atomic E-state index is 0.747. The standard InChI is InChI=1S/C11H18N4/c1-9-11(13-5-4-12-9)14-7-10-3-6-15(2)8-10/h4-5,10H,3,6-8H2,1-2H3,(H,13,14). The quantitative estimate of drug-likeness (QED) is 0.805. The molecule has 0 amide bonds. The normalized spacial score (nSPS) is 21.9. The van der Waals surface area contributed by atoms with Gasteiger partial charge in [0.05, 0.1) is 5.69 Å². The SMILES string of the molecule is Cc1nccnc1NCC1CCN(C)C1. The Hall–Kier alpha value is -1.16. The van der Waals surface area contributed by atoms with E-state index in [1.165, 1.54) is 19.5 Å². The Morgan fingerprint density at radius 2 is 2.27 bits per heavy atom. The van der Waals surface area contributed by atoms with Crippen molar-refractivity contribution < 1.29 is 0 Å². The third kappa shape index (κ3) is 2.65. The van der Waals surface area contributed by atoms with Crippen LogP contribution >= 0.6 is 0 Å². The predicted octanol–water partition coefficient (Wildman–Crippen LogP) is 1.15. The number of likely N-dealkylation sites (tertiary alicyclic amines) is 1. The number of aromatic nitrogens is 2. The summed E-state index contributed by atoms with van der Waals surface area (Å²) in [4.78, 5) is 10.8. The van der Waals surface area contributed by atoms with Crippen molar-refractivity contribution in [1.82, 2.24) is 14.9 Å². The second-order valence-electron chi connectivity index (χ2n) is 4.29. The van der Waals surface area contributed by atoms with E-state index >= 15 is 0 Å². The van der Waals surface area contributed by atoms with Gasteiger partial charge < -0.3 is 10.2 Å². The Kier molecular flexibility index (Phi) is 3.16. The van der Waals surface area contributed by atoms with Crippen LogP contribution in [-0.4, -0.2) is 41.5 Å². The molecule has 1 N–H and O–H groups in total. The zero-order chi connectivity index (χ0) is 10.7. The molecule has 4 nitrogen and oxygen atoms in total. The maximum Gasteiger partial charge on any atom is 0.147 e. The van der Waals surface area contributed by atoms with E-state index in [-0.39, 0.29) is 0 Å². The highest BCUT2D eigenvalue weighted by atomic mass is 15.1. The molecule has 2 rings (SSSR count). The smallest absolute Gasteiger partial charge is 0.147 e. The van der Waals surface area contributed by atoms with Gasteiger partial charge in [0.1, 0.15) is 5.82 Å². The topological polar surface area (TPSA) is 41.1 Å². The van der Waals surface area contributed by atoms with E-state index in [0.29, 0.717) is 0 Å². The molecule has 1 aromatic heterocycles. The third-order valence-electron chi connectivity index (χ3n) is 2.93. The Bertz CT molecular complexity index is 326. The fraction of sp³-hybridized carbons (Fsp3) is 0.636. The summed E-state index contributed by atoms with van der Waals surface area (Å²) >= 11 is 0. The predicted molar refractivity (Wildman–Crippen MR) is 60.9 cm³/mol. The van der Waals surface area contributed by atoms with Crippen LogP contribution < -0.4 is 5.32 Å². The maximum absolute atomic E-state index is 4.27. The molecule has 1 saturated heterocycles. The number of hydrogen-bond acceptors (Lipinski definition) is 4. The molecule has 1 aliphatic rings. The summed E-state index contributed by atoms with van der Waals surface area (Å²) in [6.07, 6.45) is 4.74. The average Bonchev–Trinajstić information content (AvgIpc) is 2.63. The first kappa shape index (κ1) is 10.4. The lowest BCUT2D eigenvalue weighted by atomic mass is 10.1. The van der Waals surface area contributed by atoms with Crippen LogP contribution in [0.2, 0.25) is 0 Å². The molecule has 15 heavy (non-hydrogen) atoms. The number of anilines is 1. The molecule has 0 aromatic carbocycles. The van der Waals surface area contributed by atoms with Crippen molar-refractivity contribution in [1.29, 1.82) is 0 Å². The summed E-state index contributed by atoms with van der Waals surface area (Å²) in [5.41, 5.74) is 0.976. The Morgan fingerprint density at radius 3 is 2.93 bits per heavy atom. The van der Waals surface area contributed by atoms with Crippen molar-refractivity contribution in [3.8, 4) is 0 Å². The van der Waals surface area contributed by atoms with Gasteiger partial charge in [0.25, 0.3) is 0 Å². The third-order valence-corrected chi connectivity index (χ3v) is 2.93. The minimum absolute atomic E-state index is 0.747. The van der Waals surface area contributed by atoms with Crippen molar-refractivity contribution in [2.75, 3.05) is 32.0 Å². The molecule has 1 atom stereocenters. The zero-order valence-electron chi connectivity index (χ0n) is 9.40. The molecular formula is C11H18N4. The zero-order valence-corrected chi connectivity index (χ0v) is 9.40. The van der Waals surface area contributed by atoms with Crippen LogP contribution in [0.15, 0.2) is 12.4 Å². The number of rotatable bonds is 3. The van der Waals surface area contributed by atoms with Crippen LogP contribution in [-0.2, 0) is 0 Å². The number of nitrogens with zero attached hydrogens (tertiary/aromatic N) is 3. The van der Waals surface area contributed by atoms with Gasteiger partial charge in [0, 0.05) is 25.5 Å². The summed E-state index contributed by atoms with van der Waals surface area (Å²) < 4.78 is 0. The van der Waals surface area contributed by atoms with Gasteiger partial charge in [0.2, 0.25) is 0 Å². The van der Waals surface area contributed by atoms with Crippen molar-refractivity contribution in [2.45, 2.75) is 13.3 Å². The van der Waals surface area contributed by atoms with Crippen molar-refractivity contribution in [3.05, 3.63) is 18.1 Å². The van der Waals surface area contributed by atoms with Crippen LogP contribution in [0.1, 0.15) is 12.1 Å². The molecule has 82 valence electrons. The molecule has 1 aromatic rings. The van der Waals surface area contributed by atoms with Gasteiger partial charge >= 0.3 is 0 Å². The van der Waals surface area contributed by atoms with Gasteiger partial charge in [-0.15, -0.1) is 0 Å². The lowest BCUT2D eigenvalue weighted by Gasteiger charge is -2.12. The van der Waals surface area contributed by atoms with Gasteiger partial charge in [-0.1, -0.05) is 0 Å². The van der Waals surface area contributed by atoms with Crippen molar-refractivity contribution in [2.24, 2.45) is 5.92 Å². The summed E-state index contributed by atoms with van der Waals surface area (Å²) in [7, 11) is 2.17. The Morgan fingerprint density at radius 1 is 1.47 bits per heavy atom. The number of nitrogens with one attached hydrogen (secondary N) is 1. The van der Waals surface area contributed by atoms with Crippen LogP contribution in [0.3, 0.4) is 0 Å². The largest absolute Gasteiger partial charge is 0.368 e. The lowest BCUT2D eigenvalue weighted by molar-refractivity contribution is 0.399. The van der Waals surface area contributed by atoms with Gasteiger partial charge in [-0.2, -0.15) is 0 Å². The summed E-state index contributed by atoms with van der Waals surface area (Å²) in [5.74, 6) is 1.67. The van der Waals surface area contributed by atoms with Gasteiger partial charge in [0.15, 0.2) is 0 Å². The first-order chi connectivity index (χ1) is 7.25. The molecule has 1 aliphatic heterocycles. The van der Waals surface area contributed by atoms with E-state index in [4.69, 9.17) is 0 Å². The van der Waals surface area contributed by atoms with Gasteiger partial charge in [-0.3, -0.25) is 4.98 Å². The molecule has 0 spiro atoms. The second-order valence-corrected chi connectivity index (χ2v) is 4.29. The van der Waals surface area contributed by atoms with E-state index in [9.17, 15) is 0 Å². The van der Waals surface area contributed by atoms with Crippen molar-refractivity contribution in [3.63, 3.8) is 0 Å². The molecule has 0 bridgehead atoms. The molecular weight excluding hydrogens is 188 g/mol. The van der Waals surface area contributed by atoms with Crippen LogP contribution in [0.4, 0.5) is 5.82 Å². The van der Waals surface area contributed by atoms with Crippen LogP contribution in [0.25, 0.3) is 0 Å². The molecule has 1 unspecified atom stereocenters. The highest BCUT2D eigenvalue weighted by Gasteiger charge is 2.19. The van der Waals surface area contributed by atoms with Crippen molar-refractivity contribution >= 4 is 5.82 Å². The maximum atomic E-state index is 4.27. The second kappa shape index (κ2) is 4.57. The fourth-order valence-corrected chi connectivity index (χ4v) is 2.02. The first-order valence-electron chi connectivity index (χ1n) is 5.45. The van der Waals surface area contributed by atoms with E-state index in [1.54, 1.807) is 12.4 Å². The molecule has 2 heterocycles. The Balaban J connectivity index is 1.86. The molecule has 4 heteroatoms. The summed E-state index contributed by atoms with van der Waals surface area (Å²) in [6.45, 7) is 5.39. The summed E-state index contributed by atoms with van der Waals surface area (Å²) in [6, 6.07) is 0. The van der Waals surface area contributed by atoms with Gasteiger partial charge in [-0.05, 0) is 32.9 Å². The molecule has 0 saturated carbocycles. The molecule has 1 fully saturated rings. The van der Waals surface area contributed by atoms with E-state index < -0.39 is 0 Å². The molecule has 0 aliphatic carbocycles. The first-order valence-corrected chi connectivity index (χ1v) is 5.45. The number of aryl methyl sites for hydroxylation is 1. The number of hydrogen-bond donors (Lipinski definition) is 1. The average molecular weight is 206 g/mol. The lowest BCUT2D eigenvalue weighted by Crippen LogP contribution is -2.19. The summed E-state index contributed by atoms with van der Waals surface area (Å²) in [5, 5.41) is 3.38. The van der Waals surface area contributed by atoms with E-state index in [0.717, 1.165) is 24.0 Å². The fourth-order valence-electron chi connectivity index (χ4n) is 2.02. The van der Waals surface area contributed by atoms with Crippen LogP contribution in [0.5, 0.6) is 0 Å². The van der Waals surface area contributed by atoms with Crippen LogP contribution in [0, 0.1) is 12.8 Å².